The van der Waals surface area contributed by atoms with Crippen LogP contribution in [0.1, 0.15) is 12.8 Å². The summed E-state index contributed by atoms with van der Waals surface area (Å²) < 4.78 is 19.5. The van der Waals surface area contributed by atoms with E-state index in [1.54, 1.807) is 0 Å². The van der Waals surface area contributed by atoms with Gasteiger partial charge in [-0.25, -0.2) is 9.59 Å². The Labute approximate surface area is 182 Å². The summed E-state index contributed by atoms with van der Waals surface area (Å²) in [4.78, 5) is 46.4. The van der Waals surface area contributed by atoms with Crippen molar-refractivity contribution >= 4 is 23.9 Å². The van der Waals surface area contributed by atoms with Gasteiger partial charge in [0.25, 0.3) is 0 Å². The van der Waals surface area contributed by atoms with Crippen LogP contribution < -0.4 is 9.47 Å². The Morgan fingerprint density at radius 1 is 0.625 bits per heavy atom. The highest BCUT2D eigenvalue weighted by atomic mass is 16.6. The van der Waals surface area contributed by atoms with Crippen LogP contribution in [0.25, 0.3) is 0 Å². The minimum Gasteiger partial charge on any atom is -0.508 e. The quantitative estimate of drug-likeness (QED) is 0.317. The molecule has 0 atom stereocenters. The van der Waals surface area contributed by atoms with Crippen LogP contribution >= 0.6 is 0 Å². The molecule has 0 radical (unpaired) electrons. The Balaban J connectivity index is 1.58. The molecule has 168 valence electrons. The van der Waals surface area contributed by atoms with Crippen LogP contribution in [0.15, 0.2) is 60.7 Å². The molecular formula is C22H20O10. The normalized spacial score (nSPS) is 10.4. The molecule has 10 nitrogen and oxygen atoms in total. The molecule has 0 saturated carbocycles. The molecule has 0 aromatic heterocycles. The predicted octanol–water partition coefficient (Wildman–Crippen LogP) is 2.03. The number of phenols is 2. The van der Waals surface area contributed by atoms with Crippen molar-refractivity contribution in [2.45, 2.75) is 12.8 Å². The summed E-state index contributed by atoms with van der Waals surface area (Å²) in [6.07, 6.45) is 1.22. The van der Waals surface area contributed by atoms with E-state index in [2.05, 4.69) is 0 Å². The Hall–Kier alpha value is -4.34. The number of ether oxygens (including phenoxy) is 4. The van der Waals surface area contributed by atoms with Gasteiger partial charge in [-0.1, -0.05) is 0 Å². The zero-order chi connectivity index (χ0) is 23.3. The fraction of sp³-hybridized carbons (Fsp3) is 0.182. The first-order chi connectivity index (χ1) is 15.3. The molecular weight excluding hydrogens is 424 g/mol. The van der Waals surface area contributed by atoms with Crippen LogP contribution in [-0.2, 0) is 28.7 Å². The third kappa shape index (κ3) is 9.44. The second-order valence-electron chi connectivity index (χ2n) is 6.10. The molecule has 0 aliphatic carbocycles. The van der Waals surface area contributed by atoms with Crippen molar-refractivity contribution in [2.24, 2.45) is 0 Å². The molecule has 2 aromatic rings. The van der Waals surface area contributed by atoms with Crippen LogP contribution in [0, 0.1) is 0 Å². The highest BCUT2D eigenvalue weighted by molar-refractivity contribution is 5.91. The van der Waals surface area contributed by atoms with Gasteiger partial charge in [-0.15, -0.1) is 0 Å². The zero-order valence-corrected chi connectivity index (χ0v) is 16.8. The molecule has 0 bridgehead atoms. The molecule has 0 fully saturated rings. The van der Waals surface area contributed by atoms with Crippen LogP contribution in [0.4, 0.5) is 0 Å². The molecule has 0 aliphatic rings. The maximum absolute atomic E-state index is 11.6. The maximum atomic E-state index is 11.6. The van der Waals surface area contributed by atoms with Gasteiger partial charge in [-0.2, -0.15) is 0 Å². The zero-order valence-electron chi connectivity index (χ0n) is 16.8. The van der Waals surface area contributed by atoms with Crippen LogP contribution in [0.5, 0.6) is 23.0 Å². The third-order valence-corrected chi connectivity index (χ3v) is 3.59. The minimum absolute atomic E-state index is 0.0260. The molecule has 0 unspecified atom stereocenters. The highest BCUT2D eigenvalue weighted by Gasteiger charge is 2.09. The van der Waals surface area contributed by atoms with E-state index in [0.29, 0.717) is 0 Å². The molecule has 0 heterocycles. The van der Waals surface area contributed by atoms with Crippen molar-refractivity contribution in [3.63, 3.8) is 0 Å². The van der Waals surface area contributed by atoms with Crippen molar-refractivity contribution in [1.82, 2.24) is 0 Å². The number of hydrogen-bond acceptors (Lipinski definition) is 10. The summed E-state index contributed by atoms with van der Waals surface area (Å²) in [6.45, 7) is -0.531. The molecule has 0 amide bonds. The number of carbonyl (C=O) groups excluding carboxylic acids is 4. The van der Waals surface area contributed by atoms with Crippen LogP contribution in [0.2, 0.25) is 0 Å². The number of aromatic hydroxyl groups is 2. The van der Waals surface area contributed by atoms with Crippen LogP contribution in [-0.4, -0.2) is 47.3 Å². The SMILES string of the molecule is O=C(/C=C\C(=O)OCCC(=O)Oc1ccc(O)cc1)OCCC(=O)Oc1ccc(O)cc1. The van der Waals surface area contributed by atoms with E-state index >= 15 is 0 Å². The van der Waals surface area contributed by atoms with E-state index < -0.39 is 23.9 Å². The number of esters is 4. The largest absolute Gasteiger partial charge is 0.508 e. The standard InChI is InChI=1S/C22H20O10/c23-15-1-5-17(6-2-15)31-21(27)11-13-29-19(25)9-10-20(26)30-14-12-22(28)32-18-7-3-16(24)4-8-18/h1-10,23-24H,11-14H2/b10-9-. The van der Waals surface area contributed by atoms with Gasteiger partial charge in [0.05, 0.1) is 12.8 Å². The molecule has 32 heavy (non-hydrogen) atoms. The average molecular weight is 444 g/mol. The molecule has 2 rings (SSSR count). The van der Waals surface area contributed by atoms with E-state index in [9.17, 15) is 19.2 Å². The number of rotatable bonds is 10. The van der Waals surface area contributed by atoms with Gasteiger partial charge in [0, 0.05) is 12.2 Å². The molecule has 0 spiro atoms. The summed E-state index contributed by atoms with van der Waals surface area (Å²) in [5.41, 5.74) is 0. The van der Waals surface area contributed by atoms with Crippen LogP contribution in [0.3, 0.4) is 0 Å². The van der Waals surface area contributed by atoms with Gasteiger partial charge >= 0.3 is 23.9 Å². The lowest BCUT2D eigenvalue weighted by atomic mass is 10.3. The van der Waals surface area contributed by atoms with Crippen molar-refractivity contribution in [3.05, 3.63) is 60.7 Å². The summed E-state index contributed by atoms with van der Waals surface area (Å²) in [6, 6.07) is 11.0. The third-order valence-electron chi connectivity index (χ3n) is 3.59. The van der Waals surface area contributed by atoms with E-state index in [-0.39, 0.29) is 49.1 Å². The van der Waals surface area contributed by atoms with Gasteiger partial charge in [-0.3, -0.25) is 9.59 Å². The number of hydrogen-bond donors (Lipinski definition) is 2. The smallest absolute Gasteiger partial charge is 0.331 e. The van der Waals surface area contributed by atoms with Gasteiger partial charge < -0.3 is 29.2 Å². The lowest BCUT2D eigenvalue weighted by Gasteiger charge is -2.05. The average Bonchev–Trinajstić information content (AvgIpc) is 2.75. The fourth-order valence-corrected chi connectivity index (χ4v) is 2.10. The Morgan fingerprint density at radius 3 is 1.31 bits per heavy atom. The second kappa shape index (κ2) is 12.4. The molecule has 2 N–H and O–H groups in total. The Kier molecular flexibility index (Phi) is 9.26. The number of phenolic OH excluding ortho intramolecular Hbond substituents is 2. The summed E-state index contributed by atoms with van der Waals surface area (Å²) in [7, 11) is 0. The molecule has 2 aromatic carbocycles. The van der Waals surface area contributed by atoms with Gasteiger partial charge in [0.1, 0.15) is 36.2 Å². The molecule has 0 saturated heterocycles. The Morgan fingerprint density at radius 2 is 0.969 bits per heavy atom. The van der Waals surface area contributed by atoms with E-state index in [1.807, 2.05) is 0 Å². The fourth-order valence-electron chi connectivity index (χ4n) is 2.10. The summed E-state index contributed by atoms with van der Waals surface area (Å²) in [5, 5.41) is 18.3. The predicted molar refractivity (Wildman–Crippen MR) is 108 cm³/mol. The number of benzene rings is 2. The summed E-state index contributed by atoms with van der Waals surface area (Å²) >= 11 is 0. The van der Waals surface area contributed by atoms with E-state index in [0.717, 1.165) is 12.2 Å². The van der Waals surface area contributed by atoms with Gasteiger partial charge in [0.15, 0.2) is 0 Å². The lowest BCUT2D eigenvalue weighted by molar-refractivity contribution is -0.144. The first-order valence-electron chi connectivity index (χ1n) is 9.33. The summed E-state index contributed by atoms with van der Waals surface area (Å²) in [5.74, 6) is -2.52. The van der Waals surface area contributed by atoms with Crippen molar-refractivity contribution in [1.29, 1.82) is 0 Å². The Bertz CT molecular complexity index is 882. The van der Waals surface area contributed by atoms with Crippen molar-refractivity contribution in [2.75, 3.05) is 13.2 Å². The lowest BCUT2D eigenvalue weighted by Crippen LogP contribution is -2.14. The van der Waals surface area contributed by atoms with Gasteiger partial charge in [-0.05, 0) is 48.5 Å². The molecule has 0 aliphatic heterocycles. The van der Waals surface area contributed by atoms with E-state index in [1.165, 1.54) is 48.5 Å². The van der Waals surface area contributed by atoms with Crippen molar-refractivity contribution < 1.29 is 48.3 Å². The topological polar surface area (TPSA) is 146 Å². The van der Waals surface area contributed by atoms with Gasteiger partial charge in [0.2, 0.25) is 0 Å². The number of carbonyl (C=O) groups is 4. The second-order valence-corrected chi connectivity index (χ2v) is 6.10. The maximum Gasteiger partial charge on any atom is 0.331 e. The minimum atomic E-state index is -0.869. The van der Waals surface area contributed by atoms with E-state index in [4.69, 9.17) is 29.2 Å². The molecule has 10 heteroatoms. The monoisotopic (exact) mass is 444 g/mol. The first-order valence-corrected chi connectivity index (χ1v) is 9.33. The van der Waals surface area contributed by atoms with Crippen molar-refractivity contribution in [3.8, 4) is 23.0 Å². The highest BCUT2D eigenvalue weighted by Crippen LogP contribution is 2.17. The first kappa shape index (κ1) is 23.9.